The Balaban J connectivity index is 0.000000701. The van der Waals surface area contributed by atoms with Crippen molar-refractivity contribution in [3.8, 4) is 0 Å². The van der Waals surface area contributed by atoms with Gasteiger partial charge >= 0.3 is 0 Å². The zero-order valence-corrected chi connectivity index (χ0v) is 14.3. The summed E-state index contributed by atoms with van der Waals surface area (Å²) in [4.78, 5) is 36.2. The highest BCUT2D eigenvalue weighted by atomic mass is 16.5. The molecule has 0 unspecified atom stereocenters. The second-order valence-corrected chi connectivity index (χ2v) is 6.34. The number of aryl methyl sites for hydroxylation is 1. The number of fused-ring (bicyclic) bond motifs is 3. The van der Waals surface area contributed by atoms with Gasteiger partial charge < -0.3 is 19.6 Å². The highest BCUT2D eigenvalue weighted by molar-refractivity contribution is 5.77. The van der Waals surface area contributed by atoms with E-state index in [1.165, 1.54) is 6.07 Å². The predicted molar refractivity (Wildman–Crippen MR) is 89.2 cm³/mol. The minimum atomic E-state index is -0.250. The summed E-state index contributed by atoms with van der Waals surface area (Å²) in [5.41, 5.74) is 0.510. The molecule has 2 saturated heterocycles. The Kier molecular flexibility index (Phi) is 7.08. The molecule has 1 aromatic rings. The summed E-state index contributed by atoms with van der Waals surface area (Å²) in [6, 6.07) is 3.24. The van der Waals surface area contributed by atoms with Gasteiger partial charge in [-0.15, -0.1) is 0 Å². The molecule has 138 valence electrons. The fourth-order valence-electron chi connectivity index (χ4n) is 3.27. The first-order valence-corrected chi connectivity index (χ1v) is 8.21. The molecule has 3 heterocycles. The SMILES string of the molecule is CN1C[C@@H]2COC[C@H](C1)N(C(=O)CCc1ccc(=O)[nH]n1)C2.O=CO. The van der Waals surface area contributed by atoms with Crippen LogP contribution in [0.15, 0.2) is 16.9 Å². The predicted octanol–water partition coefficient (Wildman–Crippen LogP) is -0.808. The maximum absolute atomic E-state index is 12.6. The average Bonchev–Trinajstić information content (AvgIpc) is 2.85. The van der Waals surface area contributed by atoms with Gasteiger partial charge in [0.05, 0.1) is 24.9 Å². The van der Waals surface area contributed by atoms with E-state index in [2.05, 4.69) is 22.1 Å². The first-order chi connectivity index (χ1) is 12.0. The standard InChI is InChI=1S/C15H22N4O3.CH2O2/c1-18-6-11-7-19(13(8-18)10-22-9-11)15(21)5-3-12-2-4-14(20)17-16-12;2-1-3/h2,4,11,13H,3,5-10H2,1H3,(H,17,20);1H,(H,2,3)/t11-,13-;/m0./s1. The summed E-state index contributed by atoms with van der Waals surface area (Å²) in [6.45, 7) is 3.70. The van der Waals surface area contributed by atoms with Crippen LogP contribution in [0.5, 0.6) is 0 Å². The number of nitrogens with zero attached hydrogens (tertiary/aromatic N) is 3. The number of amides is 1. The fourth-order valence-corrected chi connectivity index (χ4v) is 3.27. The summed E-state index contributed by atoms with van der Waals surface area (Å²) in [5, 5.41) is 13.2. The summed E-state index contributed by atoms with van der Waals surface area (Å²) < 4.78 is 5.69. The summed E-state index contributed by atoms with van der Waals surface area (Å²) in [6.07, 6.45) is 0.951. The number of H-pyrrole nitrogens is 1. The molecular formula is C16H24N4O5. The number of hydrogen-bond donors (Lipinski definition) is 2. The Labute approximate surface area is 145 Å². The minimum absolute atomic E-state index is 0.133. The molecule has 0 aliphatic carbocycles. The van der Waals surface area contributed by atoms with Crippen LogP contribution >= 0.6 is 0 Å². The van der Waals surface area contributed by atoms with Crippen molar-refractivity contribution in [1.29, 1.82) is 0 Å². The van der Waals surface area contributed by atoms with E-state index in [1.54, 1.807) is 6.07 Å². The molecule has 9 nitrogen and oxygen atoms in total. The zero-order valence-electron chi connectivity index (χ0n) is 14.3. The van der Waals surface area contributed by atoms with Gasteiger partial charge in [-0.25, -0.2) is 5.10 Å². The molecule has 0 spiro atoms. The number of aromatic amines is 1. The molecule has 2 bridgehead atoms. The lowest BCUT2D eigenvalue weighted by Gasteiger charge is -2.29. The molecule has 1 amide bonds. The van der Waals surface area contributed by atoms with E-state index in [1.807, 2.05) is 4.90 Å². The molecule has 2 aliphatic rings. The fraction of sp³-hybridized carbons (Fsp3) is 0.625. The molecule has 0 aromatic carbocycles. The molecule has 25 heavy (non-hydrogen) atoms. The molecule has 2 fully saturated rings. The van der Waals surface area contributed by atoms with Crippen molar-refractivity contribution in [3.63, 3.8) is 0 Å². The van der Waals surface area contributed by atoms with Crippen molar-refractivity contribution in [2.45, 2.75) is 18.9 Å². The van der Waals surface area contributed by atoms with Gasteiger partial charge in [-0.3, -0.25) is 14.4 Å². The first-order valence-electron chi connectivity index (χ1n) is 8.21. The van der Waals surface area contributed by atoms with Crippen molar-refractivity contribution < 1.29 is 19.4 Å². The summed E-state index contributed by atoms with van der Waals surface area (Å²) >= 11 is 0. The monoisotopic (exact) mass is 352 g/mol. The van der Waals surface area contributed by atoms with Crippen LogP contribution in [0.25, 0.3) is 0 Å². The lowest BCUT2D eigenvalue weighted by atomic mass is 10.1. The number of aromatic nitrogens is 2. The van der Waals surface area contributed by atoms with Crippen molar-refractivity contribution >= 4 is 12.4 Å². The van der Waals surface area contributed by atoms with Crippen LogP contribution < -0.4 is 5.56 Å². The van der Waals surface area contributed by atoms with E-state index in [0.29, 0.717) is 25.4 Å². The normalized spacial score (nSPS) is 23.2. The van der Waals surface area contributed by atoms with Crippen molar-refractivity contribution in [1.82, 2.24) is 20.0 Å². The largest absolute Gasteiger partial charge is 0.483 e. The van der Waals surface area contributed by atoms with Gasteiger partial charge in [-0.2, -0.15) is 5.10 Å². The van der Waals surface area contributed by atoms with E-state index >= 15 is 0 Å². The molecule has 2 N–H and O–H groups in total. The van der Waals surface area contributed by atoms with Crippen molar-refractivity contribution in [2.75, 3.05) is 39.9 Å². The number of carbonyl (C=O) groups is 2. The Morgan fingerprint density at radius 1 is 1.40 bits per heavy atom. The highest BCUT2D eigenvalue weighted by Crippen LogP contribution is 2.19. The molecule has 0 radical (unpaired) electrons. The van der Waals surface area contributed by atoms with E-state index in [9.17, 15) is 9.59 Å². The van der Waals surface area contributed by atoms with Crippen LogP contribution in [0.4, 0.5) is 0 Å². The average molecular weight is 352 g/mol. The van der Waals surface area contributed by atoms with Gasteiger partial charge in [0.2, 0.25) is 5.91 Å². The van der Waals surface area contributed by atoms with Crippen LogP contribution in [0.1, 0.15) is 12.1 Å². The second-order valence-electron chi connectivity index (χ2n) is 6.34. The van der Waals surface area contributed by atoms with Gasteiger partial charge in [0.15, 0.2) is 0 Å². The third-order valence-corrected chi connectivity index (χ3v) is 4.30. The number of nitrogens with one attached hydrogen (secondary N) is 1. The zero-order chi connectivity index (χ0) is 18.2. The number of rotatable bonds is 3. The Morgan fingerprint density at radius 3 is 2.84 bits per heavy atom. The van der Waals surface area contributed by atoms with Gasteiger partial charge in [0.25, 0.3) is 12.0 Å². The molecule has 2 aliphatic heterocycles. The van der Waals surface area contributed by atoms with Gasteiger partial charge in [0, 0.05) is 44.5 Å². The van der Waals surface area contributed by atoms with Crippen LogP contribution in [0.2, 0.25) is 0 Å². The molecule has 9 heteroatoms. The quantitative estimate of drug-likeness (QED) is 0.684. The molecule has 0 saturated carbocycles. The number of carbonyl (C=O) groups excluding carboxylic acids is 1. The Morgan fingerprint density at radius 2 is 2.16 bits per heavy atom. The molecular weight excluding hydrogens is 328 g/mol. The van der Waals surface area contributed by atoms with E-state index < -0.39 is 0 Å². The van der Waals surface area contributed by atoms with Gasteiger partial charge in [-0.1, -0.05) is 0 Å². The summed E-state index contributed by atoms with van der Waals surface area (Å²) in [5.74, 6) is 0.524. The maximum atomic E-state index is 12.6. The van der Waals surface area contributed by atoms with Gasteiger partial charge in [-0.05, 0) is 13.1 Å². The lowest BCUT2D eigenvalue weighted by molar-refractivity contribution is -0.133. The van der Waals surface area contributed by atoms with E-state index in [0.717, 1.165) is 31.9 Å². The molecule has 3 rings (SSSR count). The van der Waals surface area contributed by atoms with E-state index in [4.69, 9.17) is 14.6 Å². The number of hydrogen-bond acceptors (Lipinski definition) is 6. The third-order valence-electron chi connectivity index (χ3n) is 4.30. The smallest absolute Gasteiger partial charge is 0.290 e. The third kappa shape index (κ3) is 5.64. The van der Waals surface area contributed by atoms with Gasteiger partial charge in [0.1, 0.15) is 0 Å². The van der Waals surface area contributed by atoms with Crippen molar-refractivity contribution in [3.05, 3.63) is 28.2 Å². The van der Waals surface area contributed by atoms with Crippen molar-refractivity contribution in [2.24, 2.45) is 5.92 Å². The second kappa shape index (κ2) is 9.28. The molecule has 1 aromatic heterocycles. The number of ether oxygens (including phenoxy) is 1. The van der Waals surface area contributed by atoms with Crippen LogP contribution in [-0.2, 0) is 20.7 Å². The highest BCUT2D eigenvalue weighted by Gasteiger charge is 2.34. The Hall–Kier alpha value is -2.26. The topological polar surface area (TPSA) is 116 Å². The number of likely N-dealkylation sites (N-methyl/N-ethyl adjacent to an activating group) is 1. The van der Waals surface area contributed by atoms with E-state index in [-0.39, 0.29) is 24.0 Å². The molecule has 2 atom stereocenters. The lowest BCUT2D eigenvalue weighted by Crippen LogP contribution is -2.46. The first kappa shape index (κ1) is 19.1. The van der Waals surface area contributed by atoms with Crippen LogP contribution in [0.3, 0.4) is 0 Å². The minimum Gasteiger partial charge on any atom is -0.483 e. The summed E-state index contributed by atoms with van der Waals surface area (Å²) in [7, 11) is 2.10. The Bertz CT molecular complexity index is 615. The number of carboxylic acid groups (broad SMARTS) is 1. The van der Waals surface area contributed by atoms with Crippen LogP contribution in [0, 0.1) is 5.92 Å². The van der Waals surface area contributed by atoms with Crippen LogP contribution in [-0.4, -0.2) is 83.4 Å². The maximum Gasteiger partial charge on any atom is 0.290 e.